The van der Waals surface area contributed by atoms with Gasteiger partial charge < -0.3 is 29.2 Å². The van der Waals surface area contributed by atoms with E-state index in [0.717, 1.165) is 50.8 Å². The molecule has 3 N–H and O–H groups in total. The van der Waals surface area contributed by atoms with E-state index in [1.54, 1.807) is 20.3 Å². The fourth-order valence-electron chi connectivity index (χ4n) is 7.16. The second-order valence-corrected chi connectivity index (χ2v) is 14.0. The Kier molecular flexibility index (Phi) is 10.7. The number of carboxylic acid groups (broad SMARTS) is 2. The van der Waals surface area contributed by atoms with Gasteiger partial charge in [-0.25, -0.2) is 0 Å². The summed E-state index contributed by atoms with van der Waals surface area (Å²) in [5.74, 6) is 2.67. The molecule has 11 heteroatoms. The first-order valence-electron chi connectivity index (χ1n) is 15.3. The van der Waals surface area contributed by atoms with Crippen LogP contribution in [0.3, 0.4) is 0 Å². The number of ether oxygens (including phenoxy) is 2. The summed E-state index contributed by atoms with van der Waals surface area (Å²) in [4.78, 5) is 24.7. The summed E-state index contributed by atoms with van der Waals surface area (Å²) in [6, 6.07) is 7.41. The van der Waals surface area contributed by atoms with Gasteiger partial charge in [-0.1, -0.05) is 30.4 Å². The maximum Gasteiger partial charge on any atom is 0.317 e. The minimum absolute atomic E-state index is 0.0681. The molecule has 0 radical (unpaired) electrons. The van der Waals surface area contributed by atoms with Crippen molar-refractivity contribution in [1.82, 2.24) is 4.90 Å². The molecule has 1 aromatic carbocycles. The lowest BCUT2D eigenvalue weighted by molar-refractivity contribution is -0.141. The number of carbonyl (C=O) groups is 2. The molecule has 2 aromatic rings. The molecule has 0 spiro atoms. The van der Waals surface area contributed by atoms with Gasteiger partial charge in [0.05, 0.1) is 37.6 Å². The molecule has 238 valence electrons. The van der Waals surface area contributed by atoms with E-state index in [2.05, 4.69) is 0 Å². The van der Waals surface area contributed by atoms with Crippen LogP contribution in [0.5, 0.6) is 11.5 Å². The zero-order valence-corrected chi connectivity index (χ0v) is 26.8. The van der Waals surface area contributed by atoms with E-state index in [9.17, 15) is 24.9 Å². The van der Waals surface area contributed by atoms with Crippen LogP contribution in [-0.2, 0) is 16.0 Å². The molecule has 2 heterocycles. The monoisotopic (exact) mass is 643 g/mol. The molecule has 3 fully saturated rings. The first kappa shape index (κ1) is 32.5. The van der Waals surface area contributed by atoms with Crippen LogP contribution in [0, 0.1) is 23.7 Å². The van der Waals surface area contributed by atoms with Crippen LogP contribution in [0.1, 0.15) is 56.3 Å². The van der Waals surface area contributed by atoms with Crippen LogP contribution in [0.2, 0.25) is 0 Å². The molecular formula is C33H41NO8S2. The van der Waals surface area contributed by atoms with E-state index in [0.29, 0.717) is 35.9 Å². The van der Waals surface area contributed by atoms with Crippen molar-refractivity contribution >= 4 is 46.2 Å². The first-order chi connectivity index (χ1) is 21.1. The molecule has 5 rings (SSSR count). The summed E-state index contributed by atoms with van der Waals surface area (Å²) >= 11 is 7.20. The van der Waals surface area contributed by atoms with Crippen molar-refractivity contribution in [1.29, 1.82) is 0 Å². The van der Waals surface area contributed by atoms with E-state index in [-0.39, 0.29) is 25.6 Å². The molecule has 5 atom stereocenters. The maximum atomic E-state index is 11.4. The number of hydrogen-bond donors (Lipinski definition) is 3. The number of rotatable bonds is 15. The molecular weight excluding hydrogens is 602 g/mol. The predicted octanol–water partition coefficient (Wildman–Crippen LogP) is 5.98. The van der Waals surface area contributed by atoms with Crippen LogP contribution >= 0.6 is 24.0 Å². The number of aliphatic hydroxyl groups excluding tert-OH is 1. The summed E-state index contributed by atoms with van der Waals surface area (Å²) in [5, 5.41) is 29.8. The number of aliphatic carboxylic acids is 2. The highest BCUT2D eigenvalue weighted by Crippen LogP contribution is 2.51. The van der Waals surface area contributed by atoms with E-state index in [1.807, 2.05) is 24.3 Å². The summed E-state index contributed by atoms with van der Waals surface area (Å²) in [6.07, 6.45) is 9.62. The van der Waals surface area contributed by atoms with Crippen LogP contribution in [0.25, 0.3) is 17.4 Å². The van der Waals surface area contributed by atoms with Crippen molar-refractivity contribution in [2.24, 2.45) is 23.7 Å². The van der Waals surface area contributed by atoms with Gasteiger partial charge in [-0.05, 0) is 99.1 Å². The Hall–Kier alpha value is -2.86. The number of hydrogen-bond acceptors (Lipinski definition) is 9. The molecule has 2 aliphatic carbocycles. The molecule has 1 aromatic heterocycles. The normalized spacial score (nSPS) is 25.3. The van der Waals surface area contributed by atoms with Gasteiger partial charge in [-0.3, -0.25) is 14.5 Å². The lowest BCUT2D eigenvalue weighted by Gasteiger charge is -2.23. The van der Waals surface area contributed by atoms with E-state index in [1.165, 1.54) is 42.3 Å². The fraction of sp³-hybridized carbons (Fsp3) is 0.545. The molecule has 1 aliphatic heterocycles. The van der Waals surface area contributed by atoms with Crippen LogP contribution < -0.4 is 9.47 Å². The maximum absolute atomic E-state index is 11.4. The van der Waals surface area contributed by atoms with Gasteiger partial charge in [-0.2, -0.15) is 0 Å². The van der Waals surface area contributed by atoms with Crippen molar-refractivity contribution < 1.29 is 38.8 Å². The highest BCUT2D eigenvalue weighted by molar-refractivity contribution is 8.26. The second-order valence-electron chi connectivity index (χ2n) is 12.2. The third-order valence-corrected chi connectivity index (χ3v) is 11.0. The Morgan fingerprint density at radius 3 is 2.34 bits per heavy atom. The van der Waals surface area contributed by atoms with Gasteiger partial charge >= 0.3 is 11.9 Å². The number of aryl methyl sites for hydroxylation is 1. The zero-order valence-electron chi connectivity index (χ0n) is 25.2. The average Bonchev–Trinajstić information content (AvgIpc) is 3.76. The number of fused-ring (bicyclic) bond motifs is 2. The molecule has 5 unspecified atom stereocenters. The van der Waals surface area contributed by atoms with Gasteiger partial charge in [0, 0.05) is 22.5 Å². The average molecular weight is 644 g/mol. The number of nitrogens with zero attached hydrogens (tertiary/aromatic N) is 1. The highest BCUT2D eigenvalue weighted by atomic mass is 32.2. The summed E-state index contributed by atoms with van der Waals surface area (Å²) in [7, 11) is 3.16. The lowest BCUT2D eigenvalue weighted by atomic mass is 9.83. The van der Waals surface area contributed by atoms with E-state index < -0.39 is 18.0 Å². The highest BCUT2D eigenvalue weighted by Gasteiger charge is 2.41. The van der Waals surface area contributed by atoms with Crippen LogP contribution in [-0.4, -0.2) is 76.3 Å². The molecule has 0 amide bonds. The third kappa shape index (κ3) is 7.85. The summed E-state index contributed by atoms with van der Waals surface area (Å²) < 4.78 is 18.1. The molecule has 44 heavy (non-hydrogen) atoms. The van der Waals surface area contributed by atoms with Crippen LogP contribution in [0.4, 0.5) is 0 Å². The Morgan fingerprint density at radius 1 is 1.05 bits per heavy atom. The molecule has 2 saturated carbocycles. The topological polar surface area (TPSA) is 130 Å². The Morgan fingerprint density at radius 2 is 1.75 bits per heavy atom. The lowest BCUT2D eigenvalue weighted by Crippen LogP contribution is -2.35. The number of benzene rings is 1. The zero-order chi connectivity index (χ0) is 31.4. The van der Waals surface area contributed by atoms with Gasteiger partial charge in [0.1, 0.15) is 23.0 Å². The number of thiocarbonyl (C=S) groups is 1. The molecule has 9 nitrogen and oxygen atoms in total. The fourth-order valence-corrected chi connectivity index (χ4v) is 8.78. The van der Waals surface area contributed by atoms with Crippen molar-refractivity contribution in [3.63, 3.8) is 0 Å². The number of aliphatic hydroxyl groups is 1. The van der Waals surface area contributed by atoms with Gasteiger partial charge in [-0.15, -0.1) is 0 Å². The van der Waals surface area contributed by atoms with Gasteiger partial charge in [0.2, 0.25) is 0 Å². The van der Waals surface area contributed by atoms with Crippen molar-refractivity contribution in [3.8, 4) is 22.8 Å². The second kappa shape index (κ2) is 14.5. The summed E-state index contributed by atoms with van der Waals surface area (Å²) in [5.41, 5.74) is 1.62. The third-order valence-electron chi connectivity index (χ3n) is 9.32. The quantitative estimate of drug-likeness (QED) is 0.198. The SMILES string of the molecule is COc1cc(OC)cc(-c2cc(CCCN(CC(=O)O)CC(=O)O)c(/C=C3\SC(=S)C(CCC4CC5CCC4C5)C3O)o2)c1. The Bertz CT molecular complexity index is 1370. The van der Waals surface area contributed by atoms with Crippen molar-refractivity contribution in [3.05, 3.63) is 40.5 Å². The number of methoxy groups -OCH3 is 2. The summed E-state index contributed by atoms with van der Waals surface area (Å²) in [6.45, 7) is -0.421. The number of carboxylic acids is 2. The van der Waals surface area contributed by atoms with Crippen molar-refractivity contribution in [2.45, 2.75) is 57.5 Å². The van der Waals surface area contributed by atoms with E-state index in [4.69, 9.17) is 26.1 Å². The standard InChI is InChI=1S/C33H41NO8S2/c1-40-24-12-23(13-25(15-24)41-2)27-14-22(4-3-9-34(17-30(35)36)18-31(37)38)28(42-27)16-29-32(39)26(33(43)44-29)8-7-21-11-19-5-6-20(21)10-19/h12-16,19-21,26,32,39H,3-11,17-18H2,1-2H3,(H,35,36)(H,37,38)/b29-16-. The minimum Gasteiger partial charge on any atom is -0.497 e. The smallest absolute Gasteiger partial charge is 0.317 e. The predicted molar refractivity (Wildman–Crippen MR) is 173 cm³/mol. The largest absolute Gasteiger partial charge is 0.497 e. The van der Waals surface area contributed by atoms with Gasteiger partial charge in [0.25, 0.3) is 0 Å². The Labute approximate surface area is 267 Å². The van der Waals surface area contributed by atoms with Crippen molar-refractivity contribution in [2.75, 3.05) is 33.9 Å². The Balaban J connectivity index is 1.36. The number of furan rings is 1. The molecule has 2 bridgehead atoms. The number of thioether (sulfide) groups is 1. The van der Waals surface area contributed by atoms with E-state index >= 15 is 0 Å². The minimum atomic E-state index is -1.08. The van der Waals surface area contributed by atoms with Crippen LogP contribution in [0.15, 0.2) is 33.6 Å². The van der Waals surface area contributed by atoms with Gasteiger partial charge in [0.15, 0.2) is 0 Å². The first-order valence-corrected chi connectivity index (χ1v) is 16.5. The molecule has 3 aliphatic rings. The molecule has 1 saturated heterocycles.